The van der Waals surface area contributed by atoms with Gasteiger partial charge >= 0.3 is 11.7 Å². The average Bonchev–Trinajstić information content (AvgIpc) is 3.09. The number of rotatable bonds is 5. The molecule has 3 aromatic rings. The van der Waals surface area contributed by atoms with Crippen LogP contribution in [-0.4, -0.2) is 23.5 Å². The molecular weight excluding hydrogens is 361 g/mol. The molecule has 2 aromatic heterocycles. The molecule has 0 aliphatic rings. The average molecular weight is 373 g/mol. The SMILES string of the molecule is O=C(COC(=O)c1cccc[n+]1[O-])Nc1nc(-c2ccc(F)cc2)cs1. The molecule has 0 fully saturated rings. The Hall–Kier alpha value is -3.33. The van der Waals surface area contributed by atoms with Crippen LogP contribution in [0.4, 0.5) is 9.52 Å². The second kappa shape index (κ2) is 7.70. The number of nitrogens with one attached hydrogen (secondary N) is 1. The smallest absolute Gasteiger partial charge is 0.405 e. The minimum Gasteiger partial charge on any atom is -0.618 e. The number of esters is 1. The van der Waals surface area contributed by atoms with Gasteiger partial charge in [-0.1, -0.05) is 0 Å². The number of ether oxygens (including phenoxy) is 1. The number of amides is 1. The van der Waals surface area contributed by atoms with E-state index in [1.165, 1.54) is 41.7 Å². The molecule has 1 amide bonds. The van der Waals surface area contributed by atoms with Gasteiger partial charge in [-0.05, 0) is 30.3 Å². The Morgan fingerprint density at radius 2 is 2.00 bits per heavy atom. The van der Waals surface area contributed by atoms with Gasteiger partial charge in [-0.25, -0.2) is 14.2 Å². The van der Waals surface area contributed by atoms with Gasteiger partial charge in [0.1, 0.15) is 5.82 Å². The van der Waals surface area contributed by atoms with E-state index in [4.69, 9.17) is 4.74 Å². The maximum atomic E-state index is 12.9. The number of anilines is 1. The molecule has 3 rings (SSSR count). The maximum absolute atomic E-state index is 12.9. The van der Waals surface area contributed by atoms with E-state index in [2.05, 4.69) is 10.3 Å². The molecule has 0 atom stereocenters. The highest BCUT2D eigenvalue weighted by Crippen LogP contribution is 2.24. The number of hydrogen-bond acceptors (Lipinski definition) is 6. The molecule has 9 heteroatoms. The molecule has 0 saturated heterocycles. The molecule has 7 nitrogen and oxygen atoms in total. The fraction of sp³-hybridized carbons (Fsp3) is 0.0588. The van der Waals surface area contributed by atoms with Crippen LogP contribution >= 0.6 is 11.3 Å². The van der Waals surface area contributed by atoms with Gasteiger partial charge in [0.05, 0.1) is 5.69 Å². The number of aromatic nitrogens is 2. The highest BCUT2D eigenvalue weighted by molar-refractivity contribution is 7.14. The first-order valence-corrected chi connectivity index (χ1v) is 8.27. The van der Waals surface area contributed by atoms with E-state index < -0.39 is 18.5 Å². The lowest BCUT2D eigenvalue weighted by Crippen LogP contribution is -2.35. The van der Waals surface area contributed by atoms with Gasteiger partial charge in [-0.2, -0.15) is 4.73 Å². The topological polar surface area (TPSA) is 95.2 Å². The van der Waals surface area contributed by atoms with Crippen LogP contribution in [0.5, 0.6) is 0 Å². The Bertz CT molecular complexity index is 943. The van der Waals surface area contributed by atoms with E-state index in [1.54, 1.807) is 17.5 Å². The fourth-order valence-corrected chi connectivity index (χ4v) is 2.77. The van der Waals surface area contributed by atoms with Crippen molar-refractivity contribution < 1.29 is 23.4 Å². The van der Waals surface area contributed by atoms with Gasteiger partial charge < -0.3 is 9.94 Å². The first-order valence-electron chi connectivity index (χ1n) is 7.39. The molecule has 0 saturated carbocycles. The van der Waals surface area contributed by atoms with Gasteiger partial charge in [-0.3, -0.25) is 10.1 Å². The van der Waals surface area contributed by atoms with Crippen molar-refractivity contribution in [1.29, 1.82) is 0 Å². The zero-order valence-electron chi connectivity index (χ0n) is 13.2. The lowest BCUT2D eigenvalue weighted by Gasteiger charge is -2.05. The van der Waals surface area contributed by atoms with E-state index in [0.29, 0.717) is 21.1 Å². The van der Waals surface area contributed by atoms with Crippen molar-refractivity contribution in [2.75, 3.05) is 11.9 Å². The molecule has 26 heavy (non-hydrogen) atoms. The highest BCUT2D eigenvalue weighted by atomic mass is 32.1. The molecule has 0 spiro atoms. The van der Waals surface area contributed by atoms with E-state index in [-0.39, 0.29) is 11.5 Å². The van der Waals surface area contributed by atoms with Gasteiger partial charge in [0.2, 0.25) is 0 Å². The van der Waals surface area contributed by atoms with Gasteiger partial charge in [0.25, 0.3) is 5.91 Å². The molecule has 0 aliphatic heterocycles. The van der Waals surface area contributed by atoms with Gasteiger partial charge in [-0.15, -0.1) is 11.3 Å². The molecule has 1 aromatic carbocycles. The summed E-state index contributed by atoms with van der Waals surface area (Å²) >= 11 is 1.18. The third-order valence-corrected chi connectivity index (χ3v) is 4.02. The van der Waals surface area contributed by atoms with Crippen molar-refractivity contribution in [3.63, 3.8) is 0 Å². The molecule has 0 unspecified atom stereocenters. The molecular formula is C17H12FN3O4S. The zero-order valence-corrected chi connectivity index (χ0v) is 14.0. The van der Waals surface area contributed by atoms with Crippen molar-refractivity contribution in [3.05, 3.63) is 70.8 Å². The summed E-state index contributed by atoms with van der Waals surface area (Å²) in [7, 11) is 0. The van der Waals surface area contributed by atoms with E-state index in [9.17, 15) is 19.2 Å². The van der Waals surface area contributed by atoms with Crippen molar-refractivity contribution in [2.24, 2.45) is 0 Å². The molecule has 1 N–H and O–H groups in total. The van der Waals surface area contributed by atoms with Crippen molar-refractivity contribution in [2.45, 2.75) is 0 Å². The van der Waals surface area contributed by atoms with Crippen molar-refractivity contribution in [1.82, 2.24) is 4.98 Å². The van der Waals surface area contributed by atoms with Crippen molar-refractivity contribution in [3.8, 4) is 11.3 Å². The summed E-state index contributed by atoms with van der Waals surface area (Å²) in [5.74, 6) is -1.84. The van der Waals surface area contributed by atoms with Crippen LogP contribution in [0.1, 0.15) is 10.5 Å². The minimum atomic E-state index is -0.901. The second-order valence-electron chi connectivity index (χ2n) is 5.08. The summed E-state index contributed by atoms with van der Waals surface area (Å²) < 4.78 is 18.1. The molecule has 2 heterocycles. The lowest BCUT2D eigenvalue weighted by atomic mass is 10.2. The van der Waals surface area contributed by atoms with E-state index in [1.807, 2.05) is 0 Å². The Kier molecular flexibility index (Phi) is 5.18. The minimum absolute atomic E-state index is 0.215. The quantitative estimate of drug-likeness (QED) is 0.421. The molecule has 0 radical (unpaired) electrons. The zero-order chi connectivity index (χ0) is 18.5. The predicted molar refractivity (Wildman–Crippen MR) is 91.8 cm³/mol. The second-order valence-corrected chi connectivity index (χ2v) is 5.94. The molecule has 0 bridgehead atoms. The summed E-state index contributed by atoms with van der Waals surface area (Å²) in [6.07, 6.45) is 1.16. The normalized spacial score (nSPS) is 10.3. The highest BCUT2D eigenvalue weighted by Gasteiger charge is 2.18. The van der Waals surface area contributed by atoms with Crippen LogP contribution < -0.4 is 10.0 Å². The largest absolute Gasteiger partial charge is 0.618 e. The van der Waals surface area contributed by atoms with Crippen LogP contribution in [-0.2, 0) is 9.53 Å². The van der Waals surface area contributed by atoms with Gasteiger partial charge in [0, 0.05) is 23.1 Å². The lowest BCUT2D eigenvalue weighted by molar-refractivity contribution is -0.608. The first kappa shape index (κ1) is 17.5. The molecule has 132 valence electrons. The number of carbonyl (C=O) groups is 2. The summed E-state index contributed by atoms with van der Waals surface area (Å²) in [5.41, 5.74) is 1.07. The standard InChI is InChI=1S/C17H12FN3O4S/c18-12-6-4-11(5-7-12)13-10-26-17(19-13)20-15(22)9-25-16(23)14-3-1-2-8-21(14)24/h1-8,10H,9H2,(H,19,20,22). The number of carbonyl (C=O) groups excluding carboxylic acids is 2. The van der Waals surface area contributed by atoms with Crippen LogP contribution in [0, 0.1) is 11.0 Å². The number of thiazole rings is 1. The monoisotopic (exact) mass is 373 g/mol. The number of pyridine rings is 1. The Labute approximate surface area is 151 Å². The summed E-state index contributed by atoms with van der Waals surface area (Å²) in [4.78, 5) is 27.9. The number of halogens is 1. The third kappa shape index (κ3) is 4.19. The first-order chi connectivity index (χ1) is 12.5. The summed E-state index contributed by atoms with van der Waals surface area (Å²) in [6, 6.07) is 10.1. The number of benzene rings is 1. The van der Waals surface area contributed by atoms with E-state index in [0.717, 1.165) is 6.20 Å². The van der Waals surface area contributed by atoms with Gasteiger partial charge in [0.15, 0.2) is 17.9 Å². The summed E-state index contributed by atoms with van der Waals surface area (Å²) in [6.45, 7) is -0.556. The van der Waals surface area contributed by atoms with Crippen LogP contribution in [0.25, 0.3) is 11.3 Å². The van der Waals surface area contributed by atoms with Crippen LogP contribution in [0.2, 0.25) is 0 Å². The van der Waals surface area contributed by atoms with E-state index >= 15 is 0 Å². The maximum Gasteiger partial charge on any atom is 0.405 e. The molecule has 0 aliphatic carbocycles. The fourth-order valence-electron chi connectivity index (χ4n) is 2.03. The number of hydrogen-bond donors (Lipinski definition) is 1. The Morgan fingerprint density at radius 3 is 2.73 bits per heavy atom. The Balaban J connectivity index is 1.56. The summed E-state index contributed by atoms with van der Waals surface area (Å²) in [5, 5.41) is 16.0. The van der Waals surface area contributed by atoms with Crippen LogP contribution in [0.15, 0.2) is 54.0 Å². The van der Waals surface area contributed by atoms with Crippen molar-refractivity contribution >= 4 is 28.3 Å². The predicted octanol–water partition coefficient (Wildman–Crippen LogP) is 2.38. The number of nitrogens with zero attached hydrogens (tertiary/aromatic N) is 2. The Morgan fingerprint density at radius 1 is 1.23 bits per heavy atom. The third-order valence-electron chi connectivity index (χ3n) is 3.26. The van der Waals surface area contributed by atoms with Crippen LogP contribution in [0.3, 0.4) is 0 Å².